The van der Waals surface area contributed by atoms with E-state index in [4.69, 9.17) is 27.9 Å². The number of hydrogen-bond acceptors (Lipinski definition) is 6. The maximum Gasteiger partial charge on any atom is 0.199 e. The van der Waals surface area contributed by atoms with Crippen molar-refractivity contribution >= 4 is 56.4 Å². The molecule has 2 aliphatic rings. The number of halogens is 2. The van der Waals surface area contributed by atoms with Crippen LogP contribution in [-0.4, -0.2) is 44.0 Å². The van der Waals surface area contributed by atoms with E-state index in [1.54, 1.807) is 7.11 Å². The van der Waals surface area contributed by atoms with E-state index in [2.05, 4.69) is 0 Å². The number of fused-ring (bicyclic) bond motifs is 1. The van der Waals surface area contributed by atoms with Crippen molar-refractivity contribution in [3.8, 4) is 0 Å². The number of thioether (sulfide) groups is 1. The van der Waals surface area contributed by atoms with Gasteiger partial charge >= 0.3 is 0 Å². The van der Waals surface area contributed by atoms with Gasteiger partial charge in [0.15, 0.2) is 21.4 Å². The lowest BCUT2D eigenvalue weighted by Crippen LogP contribution is -2.18. The minimum Gasteiger partial charge on any atom is -0.384 e. The second kappa shape index (κ2) is 8.25. The Bertz CT molecular complexity index is 937. The molecule has 1 aliphatic carbocycles. The van der Waals surface area contributed by atoms with Crippen LogP contribution in [0.25, 0.3) is 0 Å². The van der Waals surface area contributed by atoms with Crippen molar-refractivity contribution in [2.24, 2.45) is 0 Å². The van der Waals surface area contributed by atoms with Crippen molar-refractivity contribution in [3.63, 3.8) is 0 Å². The molecule has 3 rings (SSSR count). The monoisotopic (exact) mass is 448 g/mol. The fourth-order valence-corrected chi connectivity index (χ4v) is 7.55. The highest BCUT2D eigenvalue weighted by Crippen LogP contribution is 2.42. The summed E-state index contributed by atoms with van der Waals surface area (Å²) in [5, 5.41) is 0.333. The molecule has 0 saturated heterocycles. The summed E-state index contributed by atoms with van der Waals surface area (Å²) < 4.78 is 29.8. The predicted octanol–water partition coefficient (Wildman–Crippen LogP) is 3.80. The van der Waals surface area contributed by atoms with Gasteiger partial charge in [-0.15, -0.1) is 11.8 Å². The number of benzene rings is 1. The van der Waals surface area contributed by atoms with Gasteiger partial charge in [0.05, 0.1) is 22.1 Å². The summed E-state index contributed by atoms with van der Waals surface area (Å²) in [4.78, 5) is 25.2. The minimum absolute atomic E-state index is 0.0309. The quantitative estimate of drug-likeness (QED) is 0.374. The third-order valence-electron chi connectivity index (χ3n) is 4.64. The number of Topliss-reactive ketones (excluding diaryl/α,β-unsaturated/α-hetero) is 2. The first-order valence-electron chi connectivity index (χ1n) is 8.41. The summed E-state index contributed by atoms with van der Waals surface area (Å²) in [6, 6.07) is 2.78. The molecule has 9 heteroatoms. The zero-order valence-corrected chi connectivity index (χ0v) is 17.7. The molecular formula is C18H18Cl2O5S2. The number of allylic oxidation sites excluding steroid dienone is 2. The van der Waals surface area contributed by atoms with Crippen LogP contribution in [0, 0.1) is 0 Å². The zero-order valence-electron chi connectivity index (χ0n) is 14.6. The van der Waals surface area contributed by atoms with Crippen LogP contribution in [0.1, 0.15) is 35.2 Å². The summed E-state index contributed by atoms with van der Waals surface area (Å²) >= 11 is 13.8. The number of hydrogen-bond donors (Lipinski definition) is 0. The van der Waals surface area contributed by atoms with Crippen molar-refractivity contribution in [1.29, 1.82) is 0 Å². The first-order chi connectivity index (χ1) is 12.8. The van der Waals surface area contributed by atoms with E-state index >= 15 is 0 Å². The normalized spacial score (nSPS) is 21.4. The Labute approximate surface area is 172 Å². The standard InChI is InChI=1S/C18H18Cl2O5S2/c1-25-7-8-26-15-9-11-14(27(15,23)24)6-5-10(17(11)20)18(22)16-12(19)3-2-4-13(16)21/h5-6,15H,2-4,7-9H2,1H3. The molecule has 1 aliphatic heterocycles. The third-order valence-corrected chi connectivity index (χ3v) is 9.41. The highest BCUT2D eigenvalue weighted by molar-refractivity contribution is 8.13. The molecule has 0 saturated carbocycles. The van der Waals surface area contributed by atoms with Crippen molar-refractivity contribution in [1.82, 2.24) is 0 Å². The topological polar surface area (TPSA) is 77.5 Å². The summed E-state index contributed by atoms with van der Waals surface area (Å²) in [6.07, 6.45) is 1.58. The highest BCUT2D eigenvalue weighted by Gasteiger charge is 2.40. The molecule has 0 fully saturated rings. The van der Waals surface area contributed by atoms with Crippen LogP contribution >= 0.6 is 35.0 Å². The molecule has 1 aromatic rings. The molecule has 27 heavy (non-hydrogen) atoms. The number of carbonyl (C=O) groups excluding carboxylic acids is 2. The second-order valence-electron chi connectivity index (χ2n) is 6.33. The maximum absolute atomic E-state index is 12.9. The molecule has 0 bridgehead atoms. The number of sulfone groups is 1. The van der Waals surface area contributed by atoms with Gasteiger partial charge in [0.1, 0.15) is 4.58 Å². The lowest BCUT2D eigenvalue weighted by Gasteiger charge is -2.15. The molecule has 0 aromatic heterocycles. The Morgan fingerprint density at radius 3 is 2.70 bits per heavy atom. The molecule has 1 unspecified atom stereocenters. The van der Waals surface area contributed by atoms with Gasteiger partial charge in [-0.3, -0.25) is 9.59 Å². The molecule has 0 amide bonds. The summed E-state index contributed by atoms with van der Waals surface area (Å²) in [5.74, 6) is -0.298. The Morgan fingerprint density at radius 1 is 1.30 bits per heavy atom. The van der Waals surface area contributed by atoms with Crippen LogP contribution in [0.3, 0.4) is 0 Å². The van der Waals surface area contributed by atoms with Gasteiger partial charge in [-0.25, -0.2) is 8.42 Å². The van der Waals surface area contributed by atoms with Gasteiger partial charge in [-0.2, -0.15) is 0 Å². The van der Waals surface area contributed by atoms with E-state index in [0.29, 0.717) is 30.8 Å². The molecule has 146 valence electrons. The van der Waals surface area contributed by atoms with E-state index < -0.39 is 20.2 Å². The van der Waals surface area contributed by atoms with E-state index in [-0.39, 0.29) is 44.7 Å². The molecular weight excluding hydrogens is 431 g/mol. The van der Waals surface area contributed by atoms with Crippen LogP contribution in [-0.2, 0) is 25.8 Å². The minimum atomic E-state index is -3.53. The number of carbonyl (C=O) groups is 2. The summed E-state index contributed by atoms with van der Waals surface area (Å²) in [6.45, 7) is 0.444. The van der Waals surface area contributed by atoms with Crippen LogP contribution in [0.5, 0.6) is 0 Å². The first kappa shape index (κ1) is 20.9. The smallest absolute Gasteiger partial charge is 0.199 e. The lowest BCUT2D eigenvalue weighted by atomic mass is 9.91. The van der Waals surface area contributed by atoms with Crippen LogP contribution in [0.2, 0.25) is 5.02 Å². The van der Waals surface area contributed by atoms with Gasteiger partial charge in [0.2, 0.25) is 0 Å². The lowest BCUT2D eigenvalue weighted by molar-refractivity contribution is -0.115. The molecule has 0 radical (unpaired) electrons. The Kier molecular flexibility index (Phi) is 6.37. The first-order valence-corrected chi connectivity index (χ1v) is 11.8. The van der Waals surface area contributed by atoms with Crippen LogP contribution < -0.4 is 0 Å². The highest BCUT2D eigenvalue weighted by atomic mass is 35.5. The van der Waals surface area contributed by atoms with Gasteiger partial charge in [-0.1, -0.05) is 23.2 Å². The van der Waals surface area contributed by atoms with Crippen molar-refractivity contribution in [3.05, 3.63) is 38.9 Å². The average Bonchev–Trinajstić information content (AvgIpc) is 2.87. The average molecular weight is 449 g/mol. The molecule has 1 heterocycles. The fraction of sp³-hybridized carbons (Fsp3) is 0.444. The molecule has 5 nitrogen and oxygen atoms in total. The van der Waals surface area contributed by atoms with Gasteiger partial charge in [-0.05, 0) is 30.5 Å². The van der Waals surface area contributed by atoms with Crippen molar-refractivity contribution in [2.45, 2.75) is 35.2 Å². The predicted molar refractivity (Wildman–Crippen MR) is 107 cm³/mol. The third kappa shape index (κ3) is 3.85. The zero-order chi connectivity index (χ0) is 19.8. The van der Waals surface area contributed by atoms with Gasteiger partial charge < -0.3 is 4.74 Å². The Hall–Kier alpha value is -0.860. The molecule has 1 atom stereocenters. The number of rotatable bonds is 6. The molecule has 1 aromatic carbocycles. The number of ketones is 2. The number of ether oxygens (including phenoxy) is 1. The molecule has 0 N–H and O–H groups in total. The van der Waals surface area contributed by atoms with Gasteiger partial charge in [0, 0.05) is 36.3 Å². The van der Waals surface area contributed by atoms with E-state index in [9.17, 15) is 18.0 Å². The fourth-order valence-electron chi connectivity index (χ4n) is 3.25. The SMILES string of the molecule is COCCSC1Cc2c(ccc(C(=O)C3=C(Cl)CCCC3=O)c2Cl)S1(=O)=O. The summed E-state index contributed by atoms with van der Waals surface area (Å²) in [7, 11) is -1.98. The number of methoxy groups -OCH3 is 1. The Balaban J connectivity index is 1.97. The maximum atomic E-state index is 12.9. The van der Waals surface area contributed by atoms with Crippen LogP contribution in [0.4, 0.5) is 0 Å². The second-order valence-corrected chi connectivity index (χ2v) is 10.9. The van der Waals surface area contributed by atoms with Crippen molar-refractivity contribution in [2.75, 3.05) is 19.5 Å². The van der Waals surface area contributed by atoms with Crippen LogP contribution in [0.15, 0.2) is 27.6 Å². The largest absolute Gasteiger partial charge is 0.384 e. The van der Waals surface area contributed by atoms with E-state index in [1.165, 1.54) is 23.9 Å². The van der Waals surface area contributed by atoms with E-state index in [1.807, 2.05) is 0 Å². The van der Waals surface area contributed by atoms with Crippen molar-refractivity contribution < 1.29 is 22.7 Å². The molecule has 0 spiro atoms. The summed E-state index contributed by atoms with van der Waals surface area (Å²) in [5.41, 5.74) is 0.519. The van der Waals surface area contributed by atoms with Gasteiger partial charge in [0.25, 0.3) is 0 Å². The van der Waals surface area contributed by atoms with E-state index in [0.717, 1.165) is 0 Å². The Morgan fingerprint density at radius 2 is 2.04 bits per heavy atom.